The maximum Gasteiger partial charge on any atom is 0.226 e. The normalized spacial score (nSPS) is 15.9. The Bertz CT molecular complexity index is 897. The monoisotopic (exact) mass is 401 g/mol. The molecule has 0 saturated heterocycles. The number of aromatic amines is 1. The number of nitrogens with zero attached hydrogens (tertiary/aromatic N) is 1. The van der Waals surface area contributed by atoms with Gasteiger partial charge in [-0.2, -0.15) is 0 Å². The lowest BCUT2D eigenvalue weighted by molar-refractivity contribution is -0.120. The van der Waals surface area contributed by atoms with E-state index in [4.69, 9.17) is 28.6 Å². The minimum Gasteiger partial charge on any atom is -0.383 e. The van der Waals surface area contributed by atoms with Gasteiger partial charge in [0.25, 0.3) is 0 Å². The van der Waals surface area contributed by atoms with Crippen LogP contribution in [0.25, 0.3) is 0 Å². The van der Waals surface area contributed by atoms with Gasteiger partial charge in [-0.3, -0.25) is 4.79 Å². The fourth-order valence-corrected chi connectivity index (χ4v) is 3.74. The van der Waals surface area contributed by atoms with Gasteiger partial charge in [0.05, 0.1) is 18.1 Å². The van der Waals surface area contributed by atoms with E-state index < -0.39 is 17.6 Å². The zero-order valence-electron chi connectivity index (χ0n) is 14.1. The van der Waals surface area contributed by atoms with Gasteiger partial charge in [0, 0.05) is 43.1 Å². The Balaban J connectivity index is 1.81. The first-order valence-corrected chi connectivity index (χ1v) is 8.90. The van der Waals surface area contributed by atoms with Crippen LogP contribution in [0.4, 0.5) is 8.78 Å². The number of nitrogens with one attached hydrogen (secondary N) is 2. The molecule has 1 aromatic carbocycles. The van der Waals surface area contributed by atoms with Crippen LogP contribution in [0.15, 0.2) is 12.1 Å². The highest BCUT2D eigenvalue weighted by atomic mass is 35.5. The standard InChI is InChI=1S/C17H18ClF2N3O2S/c1-25-5-4-21-14(24)7-12-13-6-9(8-23(13)17(26)22-12)15-11(19)3-2-10(18)16(15)20/h2-3,9H,4-8H2,1H3,(H,21,24)(H,22,26)/t9-/m1/s1. The maximum atomic E-state index is 14.3. The Morgan fingerprint density at radius 1 is 1.50 bits per heavy atom. The molecule has 9 heteroatoms. The lowest BCUT2D eigenvalue weighted by Crippen LogP contribution is -2.28. The molecule has 0 spiro atoms. The largest absolute Gasteiger partial charge is 0.383 e. The summed E-state index contributed by atoms with van der Waals surface area (Å²) in [6, 6.07) is 2.37. The third-order valence-electron chi connectivity index (χ3n) is 4.47. The molecule has 1 aliphatic heterocycles. The number of amides is 1. The third kappa shape index (κ3) is 3.67. The van der Waals surface area contributed by atoms with Crippen molar-refractivity contribution in [3.8, 4) is 0 Å². The molecule has 26 heavy (non-hydrogen) atoms. The van der Waals surface area contributed by atoms with Crippen molar-refractivity contribution < 1.29 is 18.3 Å². The number of hydrogen-bond donors (Lipinski definition) is 2. The molecule has 1 amide bonds. The summed E-state index contributed by atoms with van der Waals surface area (Å²) in [6.07, 6.45) is 0.491. The topological polar surface area (TPSA) is 59.0 Å². The second kappa shape index (κ2) is 7.85. The quantitative estimate of drug-likeness (QED) is 0.444. The smallest absolute Gasteiger partial charge is 0.226 e. The van der Waals surface area contributed by atoms with Gasteiger partial charge in [-0.05, 0) is 30.8 Å². The maximum absolute atomic E-state index is 14.3. The van der Waals surface area contributed by atoms with E-state index in [1.165, 1.54) is 12.1 Å². The summed E-state index contributed by atoms with van der Waals surface area (Å²) in [6.45, 7) is 1.17. The zero-order chi connectivity index (χ0) is 18.8. The van der Waals surface area contributed by atoms with Crippen LogP contribution in [0.5, 0.6) is 0 Å². The summed E-state index contributed by atoms with van der Waals surface area (Å²) in [7, 11) is 1.55. The van der Waals surface area contributed by atoms with Crippen molar-refractivity contribution in [2.45, 2.75) is 25.3 Å². The van der Waals surface area contributed by atoms with Crippen molar-refractivity contribution in [3.63, 3.8) is 0 Å². The molecule has 2 N–H and O–H groups in total. The molecule has 0 saturated carbocycles. The highest BCUT2D eigenvalue weighted by Crippen LogP contribution is 2.36. The van der Waals surface area contributed by atoms with E-state index in [1.807, 2.05) is 0 Å². The van der Waals surface area contributed by atoms with Crippen molar-refractivity contribution in [1.82, 2.24) is 14.9 Å². The van der Waals surface area contributed by atoms with Crippen molar-refractivity contribution in [2.24, 2.45) is 0 Å². The minimum atomic E-state index is -0.740. The molecule has 5 nitrogen and oxygen atoms in total. The van der Waals surface area contributed by atoms with Gasteiger partial charge in [0.15, 0.2) is 4.77 Å². The second-order valence-electron chi connectivity index (χ2n) is 6.14. The number of benzene rings is 1. The van der Waals surface area contributed by atoms with Crippen molar-refractivity contribution >= 4 is 29.7 Å². The lowest BCUT2D eigenvalue weighted by Gasteiger charge is -2.13. The van der Waals surface area contributed by atoms with Crippen LogP contribution < -0.4 is 5.32 Å². The van der Waals surface area contributed by atoms with Crippen LogP contribution in [-0.4, -0.2) is 35.7 Å². The second-order valence-corrected chi connectivity index (χ2v) is 6.94. The molecule has 1 aliphatic rings. The number of carbonyl (C=O) groups excluding carboxylic acids is 1. The molecule has 1 atom stereocenters. The molecule has 0 fully saturated rings. The van der Waals surface area contributed by atoms with Crippen LogP contribution in [0.2, 0.25) is 5.02 Å². The van der Waals surface area contributed by atoms with Gasteiger partial charge < -0.3 is 19.6 Å². The Labute approximate surface area is 159 Å². The summed E-state index contributed by atoms with van der Waals surface area (Å²) in [4.78, 5) is 15.1. The van der Waals surface area contributed by atoms with Crippen LogP contribution in [0.1, 0.15) is 22.9 Å². The van der Waals surface area contributed by atoms with Crippen LogP contribution >= 0.6 is 23.8 Å². The molecule has 1 aromatic heterocycles. The Morgan fingerprint density at radius 3 is 3.00 bits per heavy atom. The van der Waals surface area contributed by atoms with E-state index in [1.54, 1.807) is 11.7 Å². The summed E-state index contributed by atoms with van der Waals surface area (Å²) in [5.41, 5.74) is 1.42. The van der Waals surface area contributed by atoms with Crippen molar-refractivity contribution in [3.05, 3.63) is 50.5 Å². The number of methoxy groups -OCH3 is 1. The molecule has 140 valence electrons. The third-order valence-corrected chi connectivity index (χ3v) is 5.09. The fraction of sp³-hybridized carbons (Fsp3) is 0.412. The van der Waals surface area contributed by atoms with Gasteiger partial charge in [-0.25, -0.2) is 8.78 Å². The number of rotatable bonds is 6. The molecule has 2 heterocycles. The summed E-state index contributed by atoms with van der Waals surface area (Å²) in [5, 5.41) is 2.63. The van der Waals surface area contributed by atoms with E-state index in [-0.39, 0.29) is 22.9 Å². The van der Waals surface area contributed by atoms with E-state index in [9.17, 15) is 13.6 Å². The zero-order valence-corrected chi connectivity index (χ0v) is 15.6. The molecule has 0 bridgehead atoms. The molecule has 0 radical (unpaired) electrons. The Morgan fingerprint density at radius 2 is 2.27 bits per heavy atom. The lowest BCUT2D eigenvalue weighted by atomic mass is 9.95. The number of hydrogen-bond acceptors (Lipinski definition) is 3. The van der Waals surface area contributed by atoms with Gasteiger partial charge >= 0.3 is 0 Å². The predicted octanol–water partition coefficient (Wildman–Crippen LogP) is 3.12. The average Bonchev–Trinajstić information content (AvgIpc) is 3.13. The molecule has 0 unspecified atom stereocenters. The molecular formula is C17H18ClF2N3O2S. The van der Waals surface area contributed by atoms with Crippen molar-refractivity contribution in [1.29, 1.82) is 0 Å². The Hall–Kier alpha value is -1.77. The van der Waals surface area contributed by atoms with Gasteiger partial charge in [0.1, 0.15) is 11.6 Å². The van der Waals surface area contributed by atoms with E-state index in [2.05, 4.69) is 10.3 Å². The summed E-state index contributed by atoms with van der Waals surface area (Å²) in [5.74, 6) is -1.96. The predicted molar refractivity (Wildman–Crippen MR) is 96.0 cm³/mol. The van der Waals surface area contributed by atoms with E-state index >= 15 is 0 Å². The van der Waals surface area contributed by atoms with Crippen molar-refractivity contribution in [2.75, 3.05) is 20.3 Å². The van der Waals surface area contributed by atoms with E-state index in [0.29, 0.717) is 36.6 Å². The van der Waals surface area contributed by atoms with Crippen LogP contribution in [-0.2, 0) is 28.9 Å². The average molecular weight is 402 g/mol. The Kier molecular flexibility index (Phi) is 5.74. The van der Waals surface area contributed by atoms with E-state index in [0.717, 1.165) is 5.69 Å². The van der Waals surface area contributed by atoms with Gasteiger partial charge in [-0.1, -0.05) is 11.6 Å². The minimum absolute atomic E-state index is 0.0360. The number of carbonyl (C=O) groups is 1. The number of imidazole rings is 1. The summed E-state index contributed by atoms with van der Waals surface area (Å²) < 4.78 is 35.6. The highest BCUT2D eigenvalue weighted by molar-refractivity contribution is 7.71. The highest BCUT2D eigenvalue weighted by Gasteiger charge is 2.31. The number of fused-ring (bicyclic) bond motifs is 1. The molecule has 0 aliphatic carbocycles. The molecule has 2 aromatic rings. The molecule has 3 rings (SSSR count). The first kappa shape index (κ1) is 19.0. The van der Waals surface area contributed by atoms with Crippen LogP contribution in [0.3, 0.4) is 0 Å². The number of aromatic nitrogens is 2. The summed E-state index contributed by atoms with van der Waals surface area (Å²) >= 11 is 11.1. The SMILES string of the molecule is COCCNC(=O)Cc1[nH]c(=S)n2c1C[C@@H](c1c(F)ccc(Cl)c1F)C2. The van der Waals surface area contributed by atoms with Crippen LogP contribution in [0, 0.1) is 16.4 Å². The first-order chi connectivity index (χ1) is 12.4. The molecular weight excluding hydrogens is 384 g/mol. The fourth-order valence-electron chi connectivity index (χ4n) is 3.27. The number of halogens is 3. The number of H-pyrrole nitrogens is 1. The first-order valence-electron chi connectivity index (χ1n) is 8.12. The van der Waals surface area contributed by atoms with Gasteiger partial charge in [-0.15, -0.1) is 0 Å². The number of ether oxygens (including phenoxy) is 1. The van der Waals surface area contributed by atoms with Gasteiger partial charge in [0.2, 0.25) is 5.91 Å².